The number of rotatable bonds is 6. The predicted octanol–water partition coefficient (Wildman–Crippen LogP) is 2.77. The third-order valence-electron chi connectivity index (χ3n) is 3.82. The second-order valence-corrected chi connectivity index (χ2v) is 7.79. The van der Waals surface area contributed by atoms with Crippen LogP contribution in [0.3, 0.4) is 0 Å². The summed E-state index contributed by atoms with van der Waals surface area (Å²) in [4.78, 5) is 10.2. The first-order valence-electron chi connectivity index (χ1n) is 7.32. The average molecular weight is 367 g/mol. The van der Waals surface area contributed by atoms with Crippen LogP contribution in [0.4, 0.5) is 15.8 Å². The van der Waals surface area contributed by atoms with Gasteiger partial charge in [0.15, 0.2) is 0 Å². The number of sulfonamides is 1. The minimum Gasteiger partial charge on any atom is -0.379 e. The first kappa shape index (κ1) is 18.8. The van der Waals surface area contributed by atoms with Crippen molar-refractivity contribution in [3.05, 3.63) is 64.0 Å². The van der Waals surface area contributed by atoms with E-state index in [0.29, 0.717) is 0 Å². The van der Waals surface area contributed by atoms with E-state index in [0.717, 1.165) is 11.6 Å². The summed E-state index contributed by atoms with van der Waals surface area (Å²) < 4.78 is 36.1. The van der Waals surface area contributed by atoms with Crippen molar-refractivity contribution in [3.8, 4) is 0 Å². The maximum absolute atomic E-state index is 13.4. The molecular weight excluding hydrogens is 349 g/mol. The van der Waals surface area contributed by atoms with Crippen LogP contribution < -0.4 is 10.5 Å². The van der Waals surface area contributed by atoms with Crippen molar-refractivity contribution in [1.29, 1.82) is 0 Å². The quantitative estimate of drug-likeness (QED) is 0.602. The summed E-state index contributed by atoms with van der Waals surface area (Å²) in [5, 5.41) is 19.2. The van der Waals surface area contributed by atoms with E-state index in [1.165, 1.54) is 24.3 Å². The van der Waals surface area contributed by atoms with E-state index in [9.17, 15) is 22.9 Å². The van der Waals surface area contributed by atoms with E-state index in [4.69, 9.17) is 5.14 Å². The number of halogens is 1. The maximum atomic E-state index is 13.4. The number of nitro groups is 1. The van der Waals surface area contributed by atoms with Crippen molar-refractivity contribution >= 4 is 21.4 Å². The van der Waals surface area contributed by atoms with Crippen LogP contribution in [0, 0.1) is 15.9 Å². The number of anilines is 1. The third kappa shape index (κ3) is 4.52. The fourth-order valence-electron chi connectivity index (χ4n) is 2.32. The highest BCUT2D eigenvalue weighted by atomic mass is 32.2. The molecule has 0 radical (unpaired) electrons. The first-order chi connectivity index (χ1) is 11.5. The Labute approximate surface area is 144 Å². The summed E-state index contributed by atoms with van der Waals surface area (Å²) in [7, 11) is -4.04. The lowest BCUT2D eigenvalue weighted by atomic mass is 9.84. The SMILES string of the molecule is CC(C)(CNc1ccc(S(N)(=O)=O)cc1[N+](=O)[O-])c1cccc(F)c1. The van der Waals surface area contributed by atoms with Crippen LogP contribution in [0.15, 0.2) is 47.4 Å². The molecule has 2 rings (SSSR count). The lowest BCUT2D eigenvalue weighted by Crippen LogP contribution is -2.28. The van der Waals surface area contributed by atoms with E-state index in [1.807, 2.05) is 13.8 Å². The van der Waals surface area contributed by atoms with Gasteiger partial charge in [0.2, 0.25) is 10.0 Å². The molecule has 0 amide bonds. The van der Waals surface area contributed by atoms with E-state index in [1.54, 1.807) is 12.1 Å². The zero-order valence-electron chi connectivity index (χ0n) is 13.7. The van der Waals surface area contributed by atoms with Gasteiger partial charge in [0, 0.05) is 18.0 Å². The Kier molecular flexibility index (Phi) is 5.09. The first-order valence-corrected chi connectivity index (χ1v) is 8.86. The summed E-state index contributed by atoms with van der Waals surface area (Å²) in [6.07, 6.45) is 0. The van der Waals surface area contributed by atoms with Crippen LogP contribution >= 0.6 is 0 Å². The lowest BCUT2D eigenvalue weighted by Gasteiger charge is -2.26. The van der Waals surface area contributed by atoms with Crippen LogP contribution in [0.1, 0.15) is 19.4 Å². The molecule has 9 heteroatoms. The minimum atomic E-state index is -4.04. The van der Waals surface area contributed by atoms with Gasteiger partial charge in [-0.15, -0.1) is 0 Å². The molecule has 0 aromatic heterocycles. The molecule has 0 saturated carbocycles. The number of primary sulfonamides is 1. The Balaban J connectivity index is 2.29. The van der Waals surface area contributed by atoms with Gasteiger partial charge in [0.25, 0.3) is 5.69 Å². The number of nitrogens with one attached hydrogen (secondary N) is 1. The van der Waals surface area contributed by atoms with Crippen LogP contribution in [0.5, 0.6) is 0 Å². The van der Waals surface area contributed by atoms with Crippen molar-refractivity contribution in [2.45, 2.75) is 24.2 Å². The number of nitrogens with zero attached hydrogens (tertiary/aromatic N) is 1. The van der Waals surface area contributed by atoms with Crippen molar-refractivity contribution in [3.63, 3.8) is 0 Å². The van der Waals surface area contributed by atoms with Crippen molar-refractivity contribution in [2.24, 2.45) is 5.14 Å². The Hall–Kier alpha value is -2.52. The van der Waals surface area contributed by atoms with Crippen LogP contribution in [-0.4, -0.2) is 19.9 Å². The molecular formula is C16H18FN3O4S. The van der Waals surface area contributed by atoms with Gasteiger partial charge in [-0.05, 0) is 29.8 Å². The van der Waals surface area contributed by atoms with Crippen LogP contribution in [-0.2, 0) is 15.4 Å². The standard InChI is InChI=1S/C16H18FN3O4S/c1-16(2,11-4-3-5-12(17)8-11)10-19-14-7-6-13(25(18,23)24)9-15(14)20(21)22/h3-9,19H,10H2,1-2H3,(H2,18,23,24). The van der Waals surface area contributed by atoms with Crippen molar-refractivity contribution in [2.75, 3.05) is 11.9 Å². The summed E-state index contributed by atoms with van der Waals surface area (Å²) in [6, 6.07) is 9.50. The molecule has 2 aromatic carbocycles. The zero-order valence-corrected chi connectivity index (χ0v) is 14.5. The van der Waals surface area contributed by atoms with Gasteiger partial charge in [-0.1, -0.05) is 26.0 Å². The lowest BCUT2D eigenvalue weighted by molar-refractivity contribution is -0.384. The van der Waals surface area contributed by atoms with E-state index in [2.05, 4.69) is 5.32 Å². The van der Waals surface area contributed by atoms with Gasteiger partial charge in [-0.25, -0.2) is 17.9 Å². The van der Waals surface area contributed by atoms with Gasteiger partial charge < -0.3 is 5.32 Å². The molecule has 0 unspecified atom stereocenters. The van der Waals surface area contributed by atoms with E-state index < -0.39 is 26.0 Å². The number of nitrogens with two attached hydrogens (primary N) is 1. The Morgan fingerprint density at radius 2 is 1.92 bits per heavy atom. The van der Waals surface area contributed by atoms with Gasteiger partial charge in [-0.3, -0.25) is 10.1 Å². The Bertz CT molecular complexity index is 913. The molecule has 0 heterocycles. The number of hydrogen-bond donors (Lipinski definition) is 2. The summed E-state index contributed by atoms with van der Waals surface area (Å²) in [5.41, 5.74) is -0.0403. The van der Waals surface area contributed by atoms with Gasteiger partial charge >= 0.3 is 0 Å². The second-order valence-electron chi connectivity index (χ2n) is 6.23. The van der Waals surface area contributed by atoms with Gasteiger partial charge in [0.05, 0.1) is 9.82 Å². The Morgan fingerprint density at radius 3 is 2.48 bits per heavy atom. The third-order valence-corrected chi connectivity index (χ3v) is 4.73. The summed E-state index contributed by atoms with van der Waals surface area (Å²) in [5.74, 6) is -0.367. The van der Waals surface area contributed by atoms with Crippen molar-refractivity contribution in [1.82, 2.24) is 0 Å². The molecule has 0 spiro atoms. The molecule has 25 heavy (non-hydrogen) atoms. The molecule has 0 aliphatic heterocycles. The maximum Gasteiger partial charge on any atom is 0.293 e. The smallest absolute Gasteiger partial charge is 0.293 e. The topological polar surface area (TPSA) is 115 Å². The largest absolute Gasteiger partial charge is 0.379 e. The van der Waals surface area contributed by atoms with Gasteiger partial charge in [-0.2, -0.15) is 0 Å². The highest BCUT2D eigenvalue weighted by Gasteiger charge is 2.24. The van der Waals surface area contributed by atoms with Crippen LogP contribution in [0.2, 0.25) is 0 Å². The van der Waals surface area contributed by atoms with Crippen LogP contribution in [0.25, 0.3) is 0 Å². The molecule has 0 saturated heterocycles. The molecule has 134 valence electrons. The zero-order chi connectivity index (χ0) is 18.8. The van der Waals surface area contributed by atoms with Gasteiger partial charge in [0.1, 0.15) is 11.5 Å². The number of benzene rings is 2. The molecule has 0 aliphatic carbocycles. The monoisotopic (exact) mass is 367 g/mol. The van der Waals surface area contributed by atoms with E-state index >= 15 is 0 Å². The number of hydrogen-bond acceptors (Lipinski definition) is 5. The molecule has 3 N–H and O–H groups in total. The molecule has 0 aliphatic rings. The Morgan fingerprint density at radius 1 is 1.24 bits per heavy atom. The summed E-state index contributed by atoms with van der Waals surface area (Å²) >= 11 is 0. The predicted molar refractivity (Wildman–Crippen MR) is 92.4 cm³/mol. The van der Waals surface area contributed by atoms with E-state index in [-0.39, 0.29) is 22.9 Å². The molecule has 2 aromatic rings. The molecule has 0 bridgehead atoms. The minimum absolute atomic E-state index is 0.155. The van der Waals surface area contributed by atoms with Crippen molar-refractivity contribution < 1.29 is 17.7 Å². The normalized spacial score (nSPS) is 12.0. The highest BCUT2D eigenvalue weighted by Crippen LogP contribution is 2.30. The molecule has 0 atom stereocenters. The average Bonchev–Trinajstić information content (AvgIpc) is 2.52. The molecule has 0 fully saturated rings. The highest BCUT2D eigenvalue weighted by molar-refractivity contribution is 7.89. The molecule has 7 nitrogen and oxygen atoms in total. The fourth-order valence-corrected chi connectivity index (χ4v) is 2.85. The second kappa shape index (κ2) is 6.77. The summed E-state index contributed by atoms with van der Waals surface area (Å²) in [6.45, 7) is 3.99. The number of nitro benzene ring substituents is 1. The fraction of sp³-hybridized carbons (Fsp3) is 0.250.